The lowest BCUT2D eigenvalue weighted by molar-refractivity contribution is -0.112. The van der Waals surface area contributed by atoms with Gasteiger partial charge in [-0.2, -0.15) is 0 Å². The van der Waals surface area contributed by atoms with E-state index < -0.39 is 0 Å². The second kappa shape index (κ2) is 12.9. The second-order valence-corrected chi connectivity index (χ2v) is 8.52. The summed E-state index contributed by atoms with van der Waals surface area (Å²) in [6, 6.07) is 7.68. The van der Waals surface area contributed by atoms with Crippen molar-refractivity contribution >= 4 is 40.9 Å². The SMILES string of the molecule is CCCCCCCOc1ccc(NC(=O)C2=C(CCC)N3CCCN=C3S2)cc1.Cl. The Morgan fingerprint density at radius 3 is 2.63 bits per heavy atom. The summed E-state index contributed by atoms with van der Waals surface area (Å²) in [4.78, 5) is 20.5. The summed E-state index contributed by atoms with van der Waals surface area (Å²) < 4.78 is 5.81. The van der Waals surface area contributed by atoms with Crippen LogP contribution < -0.4 is 10.1 Å². The van der Waals surface area contributed by atoms with Gasteiger partial charge in [-0.1, -0.05) is 46.0 Å². The fourth-order valence-electron chi connectivity index (χ4n) is 3.58. The molecule has 0 bridgehead atoms. The van der Waals surface area contributed by atoms with Gasteiger partial charge in [-0.3, -0.25) is 9.79 Å². The lowest BCUT2D eigenvalue weighted by atomic mass is 10.2. The van der Waals surface area contributed by atoms with Crippen LogP contribution in [0.2, 0.25) is 0 Å². The number of carbonyl (C=O) groups is 1. The van der Waals surface area contributed by atoms with E-state index in [1.807, 2.05) is 24.3 Å². The van der Waals surface area contributed by atoms with Crippen LogP contribution in [0.4, 0.5) is 5.69 Å². The largest absolute Gasteiger partial charge is 0.494 e. The summed E-state index contributed by atoms with van der Waals surface area (Å²) >= 11 is 1.51. The van der Waals surface area contributed by atoms with Crippen molar-refractivity contribution in [3.63, 3.8) is 0 Å². The van der Waals surface area contributed by atoms with Crippen molar-refractivity contribution in [3.8, 4) is 5.75 Å². The first-order chi connectivity index (χ1) is 14.2. The van der Waals surface area contributed by atoms with E-state index in [0.717, 1.165) is 72.6 Å². The Balaban J connectivity index is 0.00000320. The minimum absolute atomic E-state index is 0. The van der Waals surface area contributed by atoms with Crippen LogP contribution in [0.3, 0.4) is 0 Å². The molecular weight excluding hydrogens is 418 g/mol. The Bertz CT molecular complexity index is 749. The normalized spacial score (nSPS) is 15.4. The molecule has 3 rings (SSSR count). The maximum Gasteiger partial charge on any atom is 0.264 e. The molecule has 0 atom stereocenters. The number of hydrogen-bond donors (Lipinski definition) is 1. The Morgan fingerprint density at radius 1 is 1.13 bits per heavy atom. The number of amides is 1. The lowest BCUT2D eigenvalue weighted by Crippen LogP contribution is -2.29. The smallest absolute Gasteiger partial charge is 0.264 e. The molecule has 7 heteroatoms. The van der Waals surface area contributed by atoms with Gasteiger partial charge in [0.25, 0.3) is 5.91 Å². The van der Waals surface area contributed by atoms with Crippen LogP contribution in [0.25, 0.3) is 0 Å². The van der Waals surface area contributed by atoms with Gasteiger partial charge in [0.1, 0.15) is 5.75 Å². The summed E-state index contributed by atoms with van der Waals surface area (Å²) in [7, 11) is 0. The Hall–Kier alpha value is -1.66. The number of rotatable bonds is 11. The molecule has 30 heavy (non-hydrogen) atoms. The number of ether oxygens (including phenoxy) is 1. The Morgan fingerprint density at radius 2 is 1.90 bits per heavy atom. The van der Waals surface area contributed by atoms with Gasteiger partial charge in [-0.05, 0) is 55.3 Å². The molecule has 2 aliphatic rings. The molecule has 0 aliphatic carbocycles. The van der Waals surface area contributed by atoms with Crippen molar-refractivity contribution < 1.29 is 9.53 Å². The van der Waals surface area contributed by atoms with Crippen LogP contribution in [0.5, 0.6) is 5.75 Å². The molecule has 0 radical (unpaired) electrons. The zero-order valence-electron chi connectivity index (χ0n) is 18.1. The number of nitrogens with one attached hydrogen (secondary N) is 1. The van der Waals surface area contributed by atoms with E-state index in [4.69, 9.17) is 4.74 Å². The molecule has 2 aliphatic heterocycles. The van der Waals surface area contributed by atoms with Crippen LogP contribution in [0, 0.1) is 0 Å². The first-order valence-corrected chi connectivity index (χ1v) is 11.8. The fraction of sp³-hybridized carbons (Fsp3) is 0.565. The maximum atomic E-state index is 12.9. The van der Waals surface area contributed by atoms with Gasteiger partial charge < -0.3 is 15.0 Å². The van der Waals surface area contributed by atoms with E-state index in [2.05, 4.69) is 29.1 Å². The number of amidine groups is 1. The molecule has 0 saturated carbocycles. The van der Waals surface area contributed by atoms with Gasteiger partial charge in [-0.25, -0.2) is 0 Å². The highest BCUT2D eigenvalue weighted by Crippen LogP contribution is 2.38. The standard InChI is InChI=1S/C23H33N3O2S.ClH/c1-3-5-6-7-8-17-28-19-13-11-18(12-14-19)25-22(27)21-20(10-4-2)26-16-9-15-24-23(26)29-21;/h11-14H,3-10,15-17H2,1-2H3,(H,25,27);1H. The highest BCUT2D eigenvalue weighted by Gasteiger charge is 2.33. The molecular formula is C23H34ClN3O2S. The second-order valence-electron chi connectivity index (χ2n) is 7.54. The Kier molecular flexibility index (Phi) is 10.6. The van der Waals surface area contributed by atoms with Crippen molar-refractivity contribution in [3.05, 3.63) is 34.9 Å². The van der Waals surface area contributed by atoms with Crippen molar-refractivity contribution in [2.24, 2.45) is 4.99 Å². The number of halogens is 1. The van der Waals surface area contributed by atoms with E-state index in [1.165, 1.54) is 37.4 Å². The van der Waals surface area contributed by atoms with E-state index in [9.17, 15) is 4.79 Å². The van der Waals surface area contributed by atoms with E-state index in [0.29, 0.717) is 0 Å². The molecule has 0 unspecified atom stereocenters. The zero-order chi connectivity index (χ0) is 20.5. The molecule has 1 amide bonds. The first-order valence-electron chi connectivity index (χ1n) is 11.0. The predicted molar refractivity (Wildman–Crippen MR) is 130 cm³/mol. The maximum absolute atomic E-state index is 12.9. The molecule has 1 aromatic carbocycles. The van der Waals surface area contributed by atoms with Gasteiger partial charge >= 0.3 is 0 Å². The highest BCUT2D eigenvalue weighted by atomic mass is 35.5. The topological polar surface area (TPSA) is 53.9 Å². The van der Waals surface area contributed by atoms with Crippen LogP contribution in [0.1, 0.15) is 65.2 Å². The number of unbranched alkanes of at least 4 members (excludes halogenated alkanes) is 4. The van der Waals surface area contributed by atoms with E-state index >= 15 is 0 Å². The quantitative estimate of drug-likeness (QED) is 0.406. The molecule has 0 aromatic heterocycles. The van der Waals surface area contributed by atoms with Crippen LogP contribution >= 0.6 is 24.2 Å². The molecule has 0 spiro atoms. The van der Waals surface area contributed by atoms with Crippen molar-refractivity contribution in [2.75, 3.05) is 25.0 Å². The number of thioether (sulfide) groups is 1. The predicted octanol–water partition coefficient (Wildman–Crippen LogP) is 6.22. The van der Waals surface area contributed by atoms with Crippen molar-refractivity contribution in [1.82, 2.24) is 4.90 Å². The molecule has 0 fully saturated rings. The third-order valence-electron chi connectivity index (χ3n) is 5.12. The van der Waals surface area contributed by atoms with Crippen LogP contribution in [0.15, 0.2) is 39.9 Å². The molecule has 0 saturated heterocycles. The number of nitrogens with zero attached hydrogens (tertiary/aromatic N) is 2. The average Bonchev–Trinajstić information content (AvgIpc) is 3.11. The minimum atomic E-state index is -0.0415. The van der Waals surface area contributed by atoms with E-state index in [-0.39, 0.29) is 18.3 Å². The lowest BCUT2D eigenvalue weighted by Gasteiger charge is -2.25. The number of hydrogen-bond acceptors (Lipinski definition) is 5. The number of aliphatic imine (C=N–C) groups is 1. The summed E-state index contributed by atoms with van der Waals surface area (Å²) in [5, 5.41) is 4.02. The Labute approximate surface area is 191 Å². The van der Waals surface area contributed by atoms with E-state index in [1.54, 1.807) is 0 Å². The third kappa shape index (κ3) is 6.67. The molecule has 1 aromatic rings. The fourth-order valence-corrected chi connectivity index (χ4v) is 4.70. The zero-order valence-corrected chi connectivity index (χ0v) is 19.7. The molecule has 1 N–H and O–H groups in total. The van der Waals surface area contributed by atoms with Gasteiger partial charge in [0, 0.05) is 24.5 Å². The van der Waals surface area contributed by atoms with Crippen LogP contribution in [-0.2, 0) is 4.79 Å². The number of allylic oxidation sites excluding steroid dienone is 1. The van der Waals surface area contributed by atoms with Crippen LogP contribution in [-0.4, -0.2) is 35.7 Å². The summed E-state index contributed by atoms with van der Waals surface area (Å²) in [5.74, 6) is 0.811. The van der Waals surface area contributed by atoms with Gasteiger partial charge in [0.2, 0.25) is 0 Å². The molecule has 166 valence electrons. The van der Waals surface area contributed by atoms with Gasteiger partial charge in [0.15, 0.2) is 5.17 Å². The average molecular weight is 452 g/mol. The van der Waals surface area contributed by atoms with Gasteiger partial charge in [0.05, 0.1) is 11.5 Å². The summed E-state index contributed by atoms with van der Waals surface area (Å²) in [6.45, 7) is 6.93. The monoisotopic (exact) mass is 451 g/mol. The summed E-state index contributed by atoms with van der Waals surface area (Å²) in [5.41, 5.74) is 1.91. The third-order valence-corrected chi connectivity index (χ3v) is 6.28. The minimum Gasteiger partial charge on any atom is -0.494 e. The molecule has 5 nitrogen and oxygen atoms in total. The number of anilines is 1. The number of benzene rings is 1. The van der Waals surface area contributed by atoms with Crippen molar-refractivity contribution in [1.29, 1.82) is 0 Å². The van der Waals surface area contributed by atoms with Crippen molar-refractivity contribution in [2.45, 2.75) is 65.2 Å². The summed E-state index contributed by atoms with van der Waals surface area (Å²) in [6.07, 6.45) is 9.11. The number of fused-ring (bicyclic) bond motifs is 1. The van der Waals surface area contributed by atoms with Gasteiger partial charge in [-0.15, -0.1) is 12.4 Å². The first kappa shape index (κ1) is 24.6. The highest BCUT2D eigenvalue weighted by molar-refractivity contribution is 8.18. The number of carbonyl (C=O) groups excluding carboxylic acids is 1. The molecule has 2 heterocycles.